The lowest BCUT2D eigenvalue weighted by Gasteiger charge is -2.28. The normalized spacial score (nSPS) is 23.7. The SMILES string of the molecule is O=[N+]([O-])c1cccc(Br)c1O[C@@H]1CCCC[C@H]1O. The van der Waals surface area contributed by atoms with E-state index in [0.717, 1.165) is 19.3 Å². The van der Waals surface area contributed by atoms with Crippen molar-refractivity contribution in [3.63, 3.8) is 0 Å². The third-order valence-electron chi connectivity index (χ3n) is 3.08. The van der Waals surface area contributed by atoms with Gasteiger partial charge >= 0.3 is 5.69 Å². The molecule has 0 radical (unpaired) electrons. The molecule has 1 aliphatic rings. The van der Waals surface area contributed by atoms with Gasteiger partial charge in [-0.15, -0.1) is 0 Å². The maximum Gasteiger partial charge on any atom is 0.312 e. The summed E-state index contributed by atoms with van der Waals surface area (Å²) in [5.74, 6) is 0.202. The topological polar surface area (TPSA) is 72.6 Å². The van der Waals surface area contributed by atoms with Gasteiger partial charge in [0.25, 0.3) is 0 Å². The van der Waals surface area contributed by atoms with E-state index in [9.17, 15) is 15.2 Å². The van der Waals surface area contributed by atoms with Crippen LogP contribution in [0.1, 0.15) is 25.7 Å². The van der Waals surface area contributed by atoms with Crippen molar-refractivity contribution in [3.05, 3.63) is 32.8 Å². The minimum absolute atomic E-state index is 0.0813. The monoisotopic (exact) mass is 315 g/mol. The quantitative estimate of drug-likeness (QED) is 0.687. The second kappa shape index (κ2) is 5.67. The molecule has 0 heterocycles. The van der Waals surface area contributed by atoms with E-state index in [2.05, 4.69) is 15.9 Å². The average molecular weight is 316 g/mol. The van der Waals surface area contributed by atoms with E-state index in [1.165, 1.54) is 6.07 Å². The van der Waals surface area contributed by atoms with E-state index in [4.69, 9.17) is 4.74 Å². The number of benzene rings is 1. The highest BCUT2D eigenvalue weighted by Gasteiger charge is 2.28. The van der Waals surface area contributed by atoms with Gasteiger partial charge in [-0.2, -0.15) is 0 Å². The first-order valence-electron chi connectivity index (χ1n) is 5.87. The summed E-state index contributed by atoms with van der Waals surface area (Å²) in [5.41, 5.74) is -0.0813. The van der Waals surface area contributed by atoms with Gasteiger partial charge in [-0.05, 0) is 41.3 Å². The Kier molecular flexibility index (Phi) is 4.19. The first-order valence-corrected chi connectivity index (χ1v) is 6.66. The summed E-state index contributed by atoms with van der Waals surface area (Å²) in [5, 5.41) is 20.8. The number of hydrogen-bond donors (Lipinski definition) is 1. The van der Waals surface area contributed by atoms with Crippen molar-refractivity contribution >= 4 is 21.6 Å². The van der Waals surface area contributed by atoms with Crippen LogP contribution in [0.3, 0.4) is 0 Å². The fourth-order valence-electron chi connectivity index (χ4n) is 2.12. The van der Waals surface area contributed by atoms with Crippen molar-refractivity contribution in [1.82, 2.24) is 0 Å². The van der Waals surface area contributed by atoms with Crippen LogP contribution in [0, 0.1) is 10.1 Å². The Morgan fingerprint density at radius 1 is 1.39 bits per heavy atom. The zero-order valence-electron chi connectivity index (χ0n) is 9.71. The van der Waals surface area contributed by atoms with E-state index in [0.29, 0.717) is 10.9 Å². The van der Waals surface area contributed by atoms with Gasteiger partial charge in [-0.1, -0.05) is 12.5 Å². The van der Waals surface area contributed by atoms with Crippen molar-refractivity contribution in [1.29, 1.82) is 0 Å². The van der Waals surface area contributed by atoms with Crippen LogP contribution in [0.2, 0.25) is 0 Å². The fourth-order valence-corrected chi connectivity index (χ4v) is 2.57. The minimum Gasteiger partial charge on any atom is -0.480 e. The van der Waals surface area contributed by atoms with E-state index >= 15 is 0 Å². The van der Waals surface area contributed by atoms with Crippen molar-refractivity contribution in [2.75, 3.05) is 0 Å². The molecule has 0 unspecified atom stereocenters. The lowest BCUT2D eigenvalue weighted by molar-refractivity contribution is -0.386. The standard InChI is InChI=1S/C12H14BrNO4/c13-8-4-3-5-9(14(16)17)12(8)18-11-7-2-1-6-10(11)15/h3-5,10-11,15H,1-2,6-7H2/t10-,11-/m1/s1. The van der Waals surface area contributed by atoms with E-state index < -0.39 is 11.0 Å². The molecule has 1 aromatic rings. The predicted molar refractivity (Wildman–Crippen MR) is 69.7 cm³/mol. The van der Waals surface area contributed by atoms with E-state index in [1.807, 2.05) is 0 Å². The van der Waals surface area contributed by atoms with Crippen LogP contribution in [-0.2, 0) is 0 Å². The largest absolute Gasteiger partial charge is 0.480 e. The molecule has 0 amide bonds. The lowest BCUT2D eigenvalue weighted by atomic mass is 9.95. The fraction of sp³-hybridized carbons (Fsp3) is 0.500. The molecule has 0 aromatic heterocycles. The second-order valence-corrected chi connectivity index (χ2v) is 5.21. The van der Waals surface area contributed by atoms with Crippen molar-refractivity contribution in [2.45, 2.75) is 37.9 Å². The summed E-state index contributed by atoms with van der Waals surface area (Å²) in [6, 6.07) is 4.68. The Morgan fingerprint density at radius 3 is 2.78 bits per heavy atom. The van der Waals surface area contributed by atoms with E-state index in [1.54, 1.807) is 12.1 Å². The van der Waals surface area contributed by atoms with Gasteiger partial charge in [-0.3, -0.25) is 10.1 Å². The Labute approximate surface area is 113 Å². The van der Waals surface area contributed by atoms with Gasteiger partial charge < -0.3 is 9.84 Å². The van der Waals surface area contributed by atoms with Crippen LogP contribution >= 0.6 is 15.9 Å². The van der Waals surface area contributed by atoms with Gasteiger partial charge in [0.05, 0.1) is 15.5 Å². The Balaban J connectivity index is 2.24. The summed E-state index contributed by atoms with van der Waals surface area (Å²) in [6.07, 6.45) is 2.43. The van der Waals surface area contributed by atoms with E-state index in [-0.39, 0.29) is 17.5 Å². The van der Waals surface area contributed by atoms with Gasteiger partial charge in [-0.25, -0.2) is 0 Å². The zero-order valence-corrected chi connectivity index (χ0v) is 11.3. The minimum atomic E-state index is -0.550. The van der Waals surface area contributed by atoms with Gasteiger partial charge in [0.15, 0.2) is 0 Å². The van der Waals surface area contributed by atoms with Crippen LogP contribution < -0.4 is 4.74 Å². The molecule has 1 saturated carbocycles. The van der Waals surface area contributed by atoms with Crippen LogP contribution in [0.25, 0.3) is 0 Å². The predicted octanol–water partition coefficient (Wildman–Crippen LogP) is 3.04. The number of aliphatic hydroxyl groups excluding tert-OH is 1. The van der Waals surface area contributed by atoms with Crippen LogP contribution in [0.4, 0.5) is 5.69 Å². The number of rotatable bonds is 3. The maximum absolute atomic E-state index is 10.9. The third kappa shape index (κ3) is 2.81. The Morgan fingerprint density at radius 2 is 2.11 bits per heavy atom. The molecule has 98 valence electrons. The van der Waals surface area contributed by atoms with Gasteiger partial charge in [0.1, 0.15) is 6.10 Å². The molecular weight excluding hydrogens is 302 g/mol. The molecule has 1 fully saturated rings. The van der Waals surface area contributed by atoms with Gasteiger partial charge in [0, 0.05) is 6.07 Å². The number of halogens is 1. The molecule has 0 saturated heterocycles. The smallest absolute Gasteiger partial charge is 0.312 e. The van der Waals surface area contributed by atoms with Crippen LogP contribution in [0.15, 0.2) is 22.7 Å². The molecule has 2 rings (SSSR count). The Hall–Kier alpha value is -1.14. The number of nitro benzene ring substituents is 1. The van der Waals surface area contributed by atoms with Crippen molar-refractivity contribution in [2.24, 2.45) is 0 Å². The number of hydrogen-bond acceptors (Lipinski definition) is 4. The second-order valence-electron chi connectivity index (χ2n) is 4.35. The molecule has 1 aliphatic carbocycles. The molecule has 0 spiro atoms. The molecule has 1 aromatic carbocycles. The maximum atomic E-state index is 10.9. The molecule has 0 aliphatic heterocycles. The highest BCUT2D eigenvalue weighted by molar-refractivity contribution is 9.10. The molecule has 1 N–H and O–H groups in total. The summed E-state index contributed by atoms with van der Waals surface area (Å²) < 4.78 is 6.19. The highest BCUT2D eigenvalue weighted by atomic mass is 79.9. The average Bonchev–Trinajstić information content (AvgIpc) is 2.34. The third-order valence-corrected chi connectivity index (χ3v) is 3.70. The molecule has 5 nitrogen and oxygen atoms in total. The summed E-state index contributed by atoms with van der Waals surface area (Å²) in [4.78, 5) is 10.5. The number of aliphatic hydroxyl groups is 1. The van der Waals surface area contributed by atoms with Crippen molar-refractivity contribution in [3.8, 4) is 5.75 Å². The molecule has 18 heavy (non-hydrogen) atoms. The summed E-state index contributed by atoms with van der Waals surface area (Å²) in [7, 11) is 0. The number of ether oxygens (including phenoxy) is 1. The summed E-state index contributed by atoms with van der Waals surface area (Å²) in [6.45, 7) is 0. The molecule has 0 bridgehead atoms. The number of para-hydroxylation sites is 1. The lowest BCUT2D eigenvalue weighted by Crippen LogP contribution is -2.34. The van der Waals surface area contributed by atoms with Gasteiger partial charge in [0.2, 0.25) is 5.75 Å². The molecule has 6 heteroatoms. The first-order chi connectivity index (χ1) is 8.59. The van der Waals surface area contributed by atoms with Crippen LogP contribution in [0.5, 0.6) is 5.75 Å². The van der Waals surface area contributed by atoms with Crippen LogP contribution in [-0.4, -0.2) is 22.2 Å². The first kappa shape index (κ1) is 13.3. The molecule has 2 atom stereocenters. The zero-order chi connectivity index (χ0) is 13.1. The number of nitro groups is 1. The summed E-state index contributed by atoms with van der Waals surface area (Å²) >= 11 is 3.25. The number of nitrogens with zero attached hydrogens (tertiary/aromatic N) is 1. The molecular formula is C12H14BrNO4. The van der Waals surface area contributed by atoms with Crippen molar-refractivity contribution < 1.29 is 14.8 Å². The Bertz CT molecular complexity index is 452. The highest BCUT2D eigenvalue weighted by Crippen LogP contribution is 2.37.